The highest BCUT2D eigenvalue weighted by molar-refractivity contribution is 5.94. The third-order valence-electron chi connectivity index (χ3n) is 4.05. The van der Waals surface area contributed by atoms with Crippen molar-refractivity contribution in [3.8, 4) is 0 Å². The van der Waals surface area contributed by atoms with Gasteiger partial charge in [0.15, 0.2) is 18.5 Å². The topological polar surface area (TPSA) is 137 Å². The molecule has 0 radical (unpaired) electrons. The van der Waals surface area contributed by atoms with Gasteiger partial charge in [0, 0.05) is 26.3 Å². The van der Waals surface area contributed by atoms with Gasteiger partial charge in [0.2, 0.25) is 0 Å². The number of esters is 3. The normalized spacial score (nSPS) is 26.1. The average Bonchev–Trinajstić information content (AvgIpc) is 2.65. The first-order valence-electron chi connectivity index (χ1n) is 8.86. The summed E-state index contributed by atoms with van der Waals surface area (Å²) in [4.78, 5) is 46.9. The monoisotopic (exact) mass is 409 g/mol. The summed E-state index contributed by atoms with van der Waals surface area (Å²) in [5.74, 6) is -2.62. The maximum Gasteiger partial charge on any atom is 0.303 e. The lowest BCUT2D eigenvalue weighted by molar-refractivity contribution is -0.263. The maximum absolute atomic E-state index is 12.5. The fraction of sp³-hybridized carbons (Fsp3) is 0.474. The minimum Gasteiger partial charge on any atom is -0.463 e. The lowest BCUT2D eigenvalue weighted by Crippen LogP contribution is -2.66. The van der Waals surface area contributed by atoms with E-state index < -0.39 is 54.5 Å². The molecule has 158 valence electrons. The number of benzene rings is 1. The van der Waals surface area contributed by atoms with Gasteiger partial charge in [0.05, 0.1) is 0 Å². The van der Waals surface area contributed by atoms with Crippen LogP contribution in [0.15, 0.2) is 30.3 Å². The van der Waals surface area contributed by atoms with Crippen molar-refractivity contribution >= 4 is 23.8 Å². The van der Waals surface area contributed by atoms with Gasteiger partial charge < -0.3 is 29.4 Å². The molecule has 1 fully saturated rings. The first-order valence-corrected chi connectivity index (χ1v) is 8.86. The average molecular weight is 409 g/mol. The molecule has 10 nitrogen and oxygen atoms in total. The lowest BCUT2D eigenvalue weighted by atomic mass is 9.96. The molecule has 1 unspecified atom stereocenters. The maximum atomic E-state index is 12.5. The van der Waals surface area contributed by atoms with Gasteiger partial charge in [-0.1, -0.05) is 18.2 Å². The van der Waals surface area contributed by atoms with Crippen LogP contribution in [0.2, 0.25) is 0 Å². The summed E-state index contributed by atoms with van der Waals surface area (Å²) in [6.07, 6.45) is -5.26. The van der Waals surface area contributed by atoms with Gasteiger partial charge in [-0.3, -0.25) is 19.2 Å². The van der Waals surface area contributed by atoms with Crippen LogP contribution in [-0.4, -0.2) is 66.2 Å². The Morgan fingerprint density at radius 3 is 2.10 bits per heavy atom. The second-order valence-electron chi connectivity index (χ2n) is 6.38. The molecule has 1 aliphatic heterocycles. The Kier molecular flexibility index (Phi) is 7.68. The predicted octanol–water partition coefficient (Wildman–Crippen LogP) is -0.0713. The first kappa shape index (κ1) is 22.3. The zero-order valence-corrected chi connectivity index (χ0v) is 16.2. The number of aliphatic hydroxyl groups excluding tert-OH is 1. The van der Waals surface area contributed by atoms with E-state index in [0.717, 1.165) is 13.8 Å². The molecular formula is C19H23NO9. The van der Waals surface area contributed by atoms with Gasteiger partial charge in [-0.2, -0.15) is 0 Å². The van der Waals surface area contributed by atoms with Crippen LogP contribution >= 0.6 is 0 Å². The highest BCUT2D eigenvalue weighted by Gasteiger charge is 2.50. The van der Waals surface area contributed by atoms with E-state index in [1.165, 1.54) is 6.92 Å². The van der Waals surface area contributed by atoms with Gasteiger partial charge >= 0.3 is 17.9 Å². The molecule has 1 amide bonds. The van der Waals surface area contributed by atoms with Crippen molar-refractivity contribution in [1.29, 1.82) is 0 Å². The molecule has 0 aliphatic carbocycles. The predicted molar refractivity (Wildman–Crippen MR) is 96.3 cm³/mol. The summed E-state index contributed by atoms with van der Waals surface area (Å²) in [5.41, 5.74) is 0.298. The number of ether oxygens (including phenoxy) is 4. The zero-order chi connectivity index (χ0) is 21.6. The minimum atomic E-state index is -1.63. The molecule has 5 atom stereocenters. The van der Waals surface area contributed by atoms with E-state index in [9.17, 15) is 24.3 Å². The third kappa shape index (κ3) is 6.26. The van der Waals surface area contributed by atoms with Crippen molar-refractivity contribution in [2.45, 2.75) is 51.4 Å². The molecule has 2 N–H and O–H groups in total. The van der Waals surface area contributed by atoms with Crippen LogP contribution in [0.25, 0.3) is 0 Å². The first-order chi connectivity index (χ1) is 13.7. The van der Waals surface area contributed by atoms with Gasteiger partial charge in [-0.15, -0.1) is 0 Å². The van der Waals surface area contributed by atoms with Crippen LogP contribution in [0.4, 0.5) is 0 Å². The second-order valence-corrected chi connectivity index (χ2v) is 6.38. The standard InChI is InChI=1S/C19H23NO9/c1-10(21)26-9-14-16(27-11(2)22)17(28-12(3)23)15(19(25)29-14)20-18(24)13-7-5-4-6-8-13/h4-8,14-17,19,25H,9H2,1-3H3,(H,20,24)/t14-,15+,16-,17-,19?/m1/s1. The Labute approximate surface area is 167 Å². The minimum absolute atomic E-state index is 0.298. The van der Waals surface area contributed by atoms with Crippen LogP contribution in [0, 0.1) is 0 Å². The molecule has 1 aromatic rings. The van der Waals surface area contributed by atoms with Crippen molar-refractivity contribution < 1.29 is 43.2 Å². The Morgan fingerprint density at radius 1 is 0.966 bits per heavy atom. The smallest absolute Gasteiger partial charge is 0.303 e. The number of hydrogen-bond donors (Lipinski definition) is 2. The summed E-state index contributed by atoms with van der Waals surface area (Å²) in [6.45, 7) is 3.08. The van der Waals surface area contributed by atoms with Crippen LogP contribution in [0.1, 0.15) is 31.1 Å². The van der Waals surface area contributed by atoms with Crippen molar-refractivity contribution in [3.05, 3.63) is 35.9 Å². The van der Waals surface area contributed by atoms with Crippen molar-refractivity contribution in [3.63, 3.8) is 0 Å². The fourth-order valence-electron chi connectivity index (χ4n) is 2.90. The van der Waals surface area contributed by atoms with E-state index >= 15 is 0 Å². The Balaban J connectivity index is 2.30. The SMILES string of the molecule is CC(=O)OC[C@H]1OC(O)[C@@H](NC(=O)c2ccccc2)[C@@H](OC(C)=O)[C@@H]1OC(C)=O. The molecule has 2 rings (SSSR count). The summed E-state index contributed by atoms with van der Waals surface area (Å²) >= 11 is 0. The van der Waals surface area contributed by atoms with Gasteiger partial charge in [-0.25, -0.2) is 0 Å². The molecule has 29 heavy (non-hydrogen) atoms. The number of hydrogen-bond acceptors (Lipinski definition) is 9. The molecule has 1 saturated heterocycles. The van der Waals surface area contributed by atoms with Gasteiger partial charge in [0.25, 0.3) is 5.91 Å². The molecule has 1 aliphatic rings. The molecule has 10 heteroatoms. The zero-order valence-electron chi connectivity index (χ0n) is 16.2. The molecule has 1 aromatic carbocycles. The van der Waals surface area contributed by atoms with E-state index in [1.807, 2.05) is 0 Å². The quantitative estimate of drug-likeness (QED) is 0.488. The van der Waals surface area contributed by atoms with E-state index in [2.05, 4.69) is 5.32 Å². The van der Waals surface area contributed by atoms with E-state index in [0.29, 0.717) is 5.56 Å². The largest absolute Gasteiger partial charge is 0.463 e. The number of carbonyl (C=O) groups excluding carboxylic acids is 4. The van der Waals surface area contributed by atoms with Crippen LogP contribution < -0.4 is 5.32 Å². The van der Waals surface area contributed by atoms with E-state index in [4.69, 9.17) is 18.9 Å². The number of amides is 1. The number of rotatable bonds is 6. The lowest BCUT2D eigenvalue weighted by Gasteiger charge is -2.43. The summed E-state index contributed by atoms with van der Waals surface area (Å²) in [5, 5.41) is 13.0. The summed E-state index contributed by atoms with van der Waals surface area (Å²) < 4.78 is 20.8. The van der Waals surface area contributed by atoms with E-state index in [-0.39, 0.29) is 6.61 Å². The molecular weight excluding hydrogens is 386 g/mol. The molecule has 0 saturated carbocycles. The van der Waals surface area contributed by atoms with Gasteiger partial charge in [-0.05, 0) is 12.1 Å². The highest BCUT2D eigenvalue weighted by atomic mass is 16.7. The number of nitrogens with one attached hydrogen (secondary N) is 1. The third-order valence-corrected chi connectivity index (χ3v) is 4.05. The van der Waals surface area contributed by atoms with E-state index in [1.54, 1.807) is 30.3 Å². The van der Waals surface area contributed by atoms with Crippen LogP contribution in [0.5, 0.6) is 0 Å². The summed E-state index contributed by atoms with van der Waals surface area (Å²) in [7, 11) is 0. The molecule has 0 spiro atoms. The van der Waals surface area contributed by atoms with Crippen molar-refractivity contribution in [2.24, 2.45) is 0 Å². The van der Waals surface area contributed by atoms with Crippen LogP contribution in [-0.2, 0) is 33.3 Å². The second kappa shape index (κ2) is 9.99. The van der Waals surface area contributed by atoms with Crippen molar-refractivity contribution in [2.75, 3.05) is 6.61 Å². The molecule has 0 aromatic heterocycles. The fourth-order valence-corrected chi connectivity index (χ4v) is 2.90. The molecule has 1 heterocycles. The van der Waals surface area contributed by atoms with Crippen molar-refractivity contribution in [1.82, 2.24) is 5.32 Å². The van der Waals surface area contributed by atoms with Crippen LogP contribution in [0.3, 0.4) is 0 Å². The molecule has 0 bridgehead atoms. The highest BCUT2D eigenvalue weighted by Crippen LogP contribution is 2.26. The number of carbonyl (C=O) groups is 4. The Hall–Kier alpha value is -2.98. The number of aliphatic hydroxyl groups is 1. The van der Waals surface area contributed by atoms with Gasteiger partial charge in [0.1, 0.15) is 18.8 Å². The summed E-state index contributed by atoms with van der Waals surface area (Å²) in [6, 6.07) is 6.91. The Bertz CT molecular complexity index is 751. The Morgan fingerprint density at radius 2 is 1.55 bits per heavy atom.